The summed E-state index contributed by atoms with van der Waals surface area (Å²) in [6.45, 7) is 0. The summed E-state index contributed by atoms with van der Waals surface area (Å²) in [7, 11) is 1.54. The monoisotopic (exact) mass is 597 g/mol. The molecule has 0 aliphatic heterocycles. The van der Waals surface area contributed by atoms with E-state index in [2.05, 4.69) is 31.8 Å². The smallest absolute Gasteiger partial charge is 0.343 e. The Bertz CT molecular complexity index is 1570. The van der Waals surface area contributed by atoms with Crippen molar-refractivity contribution in [2.24, 2.45) is 5.10 Å². The zero-order chi connectivity index (χ0) is 28.3. The molecule has 0 bridgehead atoms. The van der Waals surface area contributed by atoms with Crippen molar-refractivity contribution in [2.75, 3.05) is 12.4 Å². The van der Waals surface area contributed by atoms with Gasteiger partial charge in [0.05, 0.1) is 30.1 Å². The summed E-state index contributed by atoms with van der Waals surface area (Å²) >= 11 is 3.39. The van der Waals surface area contributed by atoms with Gasteiger partial charge in [-0.3, -0.25) is 9.59 Å². The second-order valence-corrected chi connectivity index (χ2v) is 9.19. The number of hydrogen-bond acceptors (Lipinski definition) is 6. The van der Waals surface area contributed by atoms with Crippen molar-refractivity contribution in [1.29, 1.82) is 0 Å². The number of esters is 1. The number of nitrogens with zero attached hydrogens (tertiary/aromatic N) is 1. The number of benzene rings is 4. The SMILES string of the molecule is COc1ccc(C(=O)Oc2ccc(Br)cc2/C=N\NC(=O)c2ccccc2NC(=O)/C=C/c2ccccc2)cc1. The maximum Gasteiger partial charge on any atom is 0.343 e. The fraction of sp³-hybridized carbons (Fsp3) is 0.0323. The third-order valence-electron chi connectivity index (χ3n) is 5.53. The van der Waals surface area contributed by atoms with E-state index < -0.39 is 11.9 Å². The van der Waals surface area contributed by atoms with Gasteiger partial charge in [0.1, 0.15) is 11.5 Å². The van der Waals surface area contributed by atoms with Gasteiger partial charge in [-0.15, -0.1) is 0 Å². The highest BCUT2D eigenvalue weighted by atomic mass is 79.9. The Balaban J connectivity index is 1.43. The van der Waals surface area contributed by atoms with E-state index in [1.54, 1.807) is 79.9 Å². The average Bonchev–Trinajstić information content (AvgIpc) is 2.98. The van der Waals surface area contributed by atoms with Crippen LogP contribution in [-0.4, -0.2) is 31.1 Å². The standard InChI is InChI=1S/C31H24BrN3O5/c1-39-25-15-12-22(13-16-25)31(38)40-28-17-14-24(32)19-23(28)20-33-35-30(37)26-9-5-6-10-27(26)34-29(36)18-11-21-7-3-2-4-8-21/h2-20H,1H3,(H,34,36)(H,35,37)/b18-11+,33-20-. The molecule has 40 heavy (non-hydrogen) atoms. The summed E-state index contributed by atoms with van der Waals surface area (Å²) in [5.74, 6) is -0.612. The van der Waals surface area contributed by atoms with Crippen LogP contribution < -0.4 is 20.2 Å². The third kappa shape index (κ3) is 7.75. The summed E-state index contributed by atoms with van der Waals surface area (Å²) in [5, 5.41) is 6.76. The van der Waals surface area contributed by atoms with E-state index >= 15 is 0 Å². The predicted molar refractivity (Wildman–Crippen MR) is 158 cm³/mol. The predicted octanol–water partition coefficient (Wildman–Crippen LogP) is 6.09. The number of carbonyl (C=O) groups excluding carboxylic acids is 3. The molecule has 0 heterocycles. The number of anilines is 1. The molecule has 0 spiro atoms. The van der Waals surface area contributed by atoms with E-state index in [0.717, 1.165) is 10.0 Å². The van der Waals surface area contributed by atoms with Crippen LogP contribution in [0.5, 0.6) is 11.5 Å². The number of halogens is 1. The second-order valence-electron chi connectivity index (χ2n) is 8.28. The first-order chi connectivity index (χ1) is 19.4. The van der Waals surface area contributed by atoms with Gasteiger partial charge in [0, 0.05) is 16.1 Å². The summed E-state index contributed by atoms with van der Waals surface area (Å²) in [4.78, 5) is 38.0. The van der Waals surface area contributed by atoms with Crippen LogP contribution in [0.4, 0.5) is 5.69 Å². The highest BCUT2D eigenvalue weighted by Crippen LogP contribution is 2.23. The van der Waals surface area contributed by atoms with Gasteiger partial charge < -0.3 is 14.8 Å². The van der Waals surface area contributed by atoms with Gasteiger partial charge in [-0.25, -0.2) is 10.2 Å². The zero-order valence-corrected chi connectivity index (χ0v) is 22.9. The number of ether oxygens (including phenoxy) is 2. The molecule has 4 aromatic carbocycles. The molecule has 2 amide bonds. The molecule has 4 aromatic rings. The molecule has 0 aliphatic rings. The quantitative estimate of drug-likeness (QED) is 0.0798. The molecule has 0 aromatic heterocycles. The van der Waals surface area contributed by atoms with Crippen LogP contribution in [-0.2, 0) is 4.79 Å². The van der Waals surface area contributed by atoms with Crippen molar-refractivity contribution < 1.29 is 23.9 Å². The molecule has 2 N–H and O–H groups in total. The summed E-state index contributed by atoms with van der Waals surface area (Å²) in [6.07, 6.45) is 4.44. The molecule has 0 saturated heterocycles. The van der Waals surface area contributed by atoms with Crippen molar-refractivity contribution in [3.8, 4) is 11.5 Å². The Hall–Kier alpha value is -5.02. The Kier molecular flexibility index (Phi) is 9.58. The minimum absolute atomic E-state index is 0.224. The van der Waals surface area contributed by atoms with Crippen LogP contribution in [0.3, 0.4) is 0 Å². The number of carbonyl (C=O) groups is 3. The lowest BCUT2D eigenvalue weighted by atomic mass is 10.1. The minimum Gasteiger partial charge on any atom is -0.497 e. The topological polar surface area (TPSA) is 106 Å². The van der Waals surface area contributed by atoms with Gasteiger partial charge in [0.2, 0.25) is 5.91 Å². The number of para-hydroxylation sites is 1. The van der Waals surface area contributed by atoms with E-state index in [1.165, 1.54) is 12.3 Å². The average molecular weight is 598 g/mol. The van der Waals surface area contributed by atoms with Crippen molar-refractivity contribution in [1.82, 2.24) is 5.43 Å². The molecule has 0 aliphatic carbocycles. The van der Waals surface area contributed by atoms with Gasteiger partial charge in [-0.2, -0.15) is 5.10 Å². The number of hydrogen-bond donors (Lipinski definition) is 2. The Morgan fingerprint density at radius 3 is 2.35 bits per heavy atom. The number of nitrogens with one attached hydrogen (secondary N) is 2. The molecule has 9 heteroatoms. The molecule has 200 valence electrons. The lowest BCUT2D eigenvalue weighted by Crippen LogP contribution is -2.20. The van der Waals surface area contributed by atoms with E-state index in [0.29, 0.717) is 22.6 Å². The zero-order valence-electron chi connectivity index (χ0n) is 21.3. The van der Waals surface area contributed by atoms with Crippen LogP contribution in [0, 0.1) is 0 Å². The molecule has 0 atom stereocenters. The molecule has 0 saturated carbocycles. The van der Waals surface area contributed by atoms with Crippen LogP contribution in [0.1, 0.15) is 31.8 Å². The highest BCUT2D eigenvalue weighted by Gasteiger charge is 2.14. The lowest BCUT2D eigenvalue weighted by molar-refractivity contribution is -0.111. The fourth-order valence-electron chi connectivity index (χ4n) is 3.52. The first-order valence-corrected chi connectivity index (χ1v) is 12.8. The molecular weight excluding hydrogens is 574 g/mol. The highest BCUT2D eigenvalue weighted by molar-refractivity contribution is 9.10. The van der Waals surface area contributed by atoms with Crippen LogP contribution in [0.2, 0.25) is 0 Å². The summed E-state index contributed by atoms with van der Waals surface area (Å²) < 4.78 is 11.4. The molecule has 0 unspecified atom stereocenters. The number of amides is 2. The molecule has 4 rings (SSSR count). The number of methoxy groups -OCH3 is 1. The van der Waals surface area contributed by atoms with Gasteiger partial charge in [-0.05, 0) is 66.2 Å². The normalized spacial score (nSPS) is 10.8. The van der Waals surface area contributed by atoms with Crippen molar-refractivity contribution >= 4 is 51.7 Å². The number of rotatable bonds is 9. The Morgan fingerprint density at radius 1 is 0.875 bits per heavy atom. The van der Waals surface area contributed by atoms with Crippen molar-refractivity contribution in [3.05, 3.63) is 130 Å². The Labute approximate surface area is 239 Å². The molecule has 0 radical (unpaired) electrons. The lowest BCUT2D eigenvalue weighted by Gasteiger charge is -2.09. The molecular formula is C31H24BrN3O5. The van der Waals surface area contributed by atoms with E-state index in [1.807, 2.05) is 30.3 Å². The van der Waals surface area contributed by atoms with Crippen LogP contribution >= 0.6 is 15.9 Å². The largest absolute Gasteiger partial charge is 0.497 e. The van der Waals surface area contributed by atoms with E-state index in [9.17, 15) is 14.4 Å². The third-order valence-corrected chi connectivity index (χ3v) is 6.02. The summed E-state index contributed by atoms with van der Waals surface area (Å²) in [5.41, 5.74) is 4.67. The van der Waals surface area contributed by atoms with Crippen LogP contribution in [0.15, 0.2) is 113 Å². The second kappa shape index (κ2) is 13.7. The van der Waals surface area contributed by atoms with Crippen LogP contribution in [0.25, 0.3) is 6.08 Å². The Morgan fingerprint density at radius 2 is 1.60 bits per heavy atom. The maximum atomic E-state index is 12.9. The van der Waals surface area contributed by atoms with Gasteiger partial charge >= 0.3 is 5.97 Å². The summed E-state index contributed by atoms with van der Waals surface area (Å²) in [6, 6.07) is 27.5. The van der Waals surface area contributed by atoms with Gasteiger partial charge in [0.25, 0.3) is 5.91 Å². The number of hydrazone groups is 1. The molecule has 0 fully saturated rings. The van der Waals surface area contributed by atoms with Gasteiger partial charge in [-0.1, -0.05) is 58.4 Å². The molecule has 8 nitrogen and oxygen atoms in total. The van der Waals surface area contributed by atoms with E-state index in [-0.39, 0.29) is 17.2 Å². The first-order valence-electron chi connectivity index (χ1n) is 12.1. The van der Waals surface area contributed by atoms with Crippen molar-refractivity contribution in [2.45, 2.75) is 0 Å². The maximum absolute atomic E-state index is 12.9. The van der Waals surface area contributed by atoms with E-state index in [4.69, 9.17) is 9.47 Å². The van der Waals surface area contributed by atoms with Gasteiger partial charge in [0.15, 0.2) is 0 Å². The minimum atomic E-state index is -0.561. The van der Waals surface area contributed by atoms with Crippen molar-refractivity contribution in [3.63, 3.8) is 0 Å². The first kappa shape index (κ1) is 28.0. The fourth-order valence-corrected chi connectivity index (χ4v) is 3.90.